The maximum Gasteiger partial charge on any atom is 0.137 e. The van der Waals surface area contributed by atoms with Gasteiger partial charge in [-0.05, 0) is 46.9 Å². The molecule has 0 atom stereocenters. The lowest BCUT2D eigenvalue weighted by atomic mass is 10.0. The second-order valence-electron chi connectivity index (χ2n) is 5.85. The number of hydrogen-bond donors (Lipinski definition) is 1. The Kier molecular flexibility index (Phi) is 9.61. The zero-order valence-corrected chi connectivity index (χ0v) is 16.5. The van der Waals surface area contributed by atoms with Crippen molar-refractivity contribution in [2.24, 2.45) is 5.92 Å². The molecule has 1 N–H and O–H groups in total. The van der Waals surface area contributed by atoms with Crippen LogP contribution in [0.25, 0.3) is 0 Å². The van der Waals surface area contributed by atoms with Gasteiger partial charge in [0.25, 0.3) is 0 Å². The number of nitrogens with one attached hydrogen (secondary N) is 1. The van der Waals surface area contributed by atoms with E-state index in [1.165, 1.54) is 37.7 Å². The summed E-state index contributed by atoms with van der Waals surface area (Å²) >= 11 is 7.06. The van der Waals surface area contributed by atoms with Crippen molar-refractivity contribution in [2.45, 2.75) is 52.5 Å². The summed E-state index contributed by atoms with van der Waals surface area (Å²) in [6, 6.07) is 4.12. The average molecular weight is 421 g/mol. The van der Waals surface area contributed by atoms with Gasteiger partial charge in [0, 0.05) is 16.6 Å². The van der Waals surface area contributed by atoms with E-state index < -0.39 is 0 Å². The Bertz CT molecular complexity index is 421. The third-order valence-electron chi connectivity index (χ3n) is 3.49. The maximum atomic E-state index is 5.46. The number of rotatable bonds is 10. The van der Waals surface area contributed by atoms with Crippen molar-refractivity contribution in [2.75, 3.05) is 13.7 Å². The molecule has 0 heterocycles. The zero-order chi connectivity index (χ0) is 15.7. The molecule has 0 radical (unpaired) electrons. The summed E-state index contributed by atoms with van der Waals surface area (Å²) in [6.07, 6.45) is 6.64. The molecule has 0 aliphatic heterocycles. The van der Waals surface area contributed by atoms with Gasteiger partial charge in [-0.25, -0.2) is 0 Å². The Morgan fingerprint density at radius 2 is 1.81 bits per heavy atom. The summed E-state index contributed by atoms with van der Waals surface area (Å²) in [5.74, 6) is 1.76. The first-order chi connectivity index (χ1) is 10.0. The van der Waals surface area contributed by atoms with Crippen molar-refractivity contribution >= 4 is 31.9 Å². The number of methoxy groups -OCH3 is 1. The minimum absolute atomic E-state index is 0.838. The fraction of sp³-hybridized carbons (Fsp3) is 0.647. The molecule has 0 amide bonds. The summed E-state index contributed by atoms with van der Waals surface area (Å²) < 4.78 is 7.52. The molecule has 1 aromatic carbocycles. The van der Waals surface area contributed by atoms with E-state index in [1.54, 1.807) is 7.11 Å². The number of halogens is 2. The van der Waals surface area contributed by atoms with Crippen LogP contribution in [0.3, 0.4) is 0 Å². The van der Waals surface area contributed by atoms with Crippen LogP contribution in [0.4, 0.5) is 0 Å². The van der Waals surface area contributed by atoms with E-state index in [1.807, 2.05) is 6.07 Å². The highest BCUT2D eigenvalue weighted by molar-refractivity contribution is 9.11. The monoisotopic (exact) mass is 419 g/mol. The van der Waals surface area contributed by atoms with Gasteiger partial charge in [-0.2, -0.15) is 0 Å². The molecule has 0 aliphatic rings. The first-order valence-electron chi connectivity index (χ1n) is 7.77. The lowest BCUT2D eigenvalue weighted by molar-refractivity contribution is 0.404. The summed E-state index contributed by atoms with van der Waals surface area (Å²) in [5.41, 5.74) is 1.18. The van der Waals surface area contributed by atoms with Gasteiger partial charge in [-0.3, -0.25) is 0 Å². The quantitative estimate of drug-likeness (QED) is 0.474. The van der Waals surface area contributed by atoms with E-state index in [0.717, 1.165) is 33.7 Å². The second-order valence-corrected chi connectivity index (χ2v) is 7.62. The lowest BCUT2D eigenvalue weighted by Gasteiger charge is -2.12. The van der Waals surface area contributed by atoms with Gasteiger partial charge in [-0.1, -0.05) is 55.5 Å². The molecule has 0 spiro atoms. The molecule has 0 aromatic heterocycles. The van der Waals surface area contributed by atoms with Crippen LogP contribution in [0.1, 0.15) is 51.5 Å². The van der Waals surface area contributed by atoms with Gasteiger partial charge < -0.3 is 10.1 Å². The number of hydrogen-bond acceptors (Lipinski definition) is 2. The van der Waals surface area contributed by atoms with E-state index in [0.29, 0.717) is 0 Å². The van der Waals surface area contributed by atoms with E-state index in [4.69, 9.17) is 4.74 Å². The summed E-state index contributed by atoms with van der Waals surface area (Å²) in [4.78, 5) is 0. The standard InChI is InChI=1S/C17H27Br2NO/c1-13(2)8-6-4-5-7-9-20-12-14-10-15(18)11-16(19)17(14)21-3/h10-11,13,20H,4-9,12H2,1-3H3. The summed E-state index contributed by atoms with van der Waals surface area (Å²) in [5, 5.41) is 3.51. The number of unbranched alkanes of at least 4 members (excludes halogenated alkanes) is 3. The van der Waals surface area contributed by atoms with Gasteiger partial charge in [0.15, 0.2) is 0 Å². The molecule has 0 saturated heterocycles. The highest BCUT2D eigenvalue weighted by Gasteiger charge is 2.08. The Labute approximate surface area is 146 Å². The Hall–Kier alpha value is -0.0600. The summed E-state index contributed by atoms with van der Waals surface area (Å²) in [7, 11) is 1.71. The van der Waals surface area contributed by atoms with Crippen LogP contribution in [0.5, 0.6) is 5.75 Å². The normalized spacial score (nSPS) is 11.1. The smallest absolute Gasteiger partial charge is 0.137 e. The van der Waals surface area contributed by atoms with Crippen LogP contribution in [-0.2, 0) is 6.54 Å². The fourth-order valence-electron chi connectivity index (χ4n) is 2.35. The Morgan fingerprint density at radius 1 is 1.10 bits per heavy atom. The van der Waals surface area contributed by atoms with E-state index in [9.17, 15) is 0 Å². The van der Waals surface area contributed by atoms with Crippen LogP contribution >= 0.6 is 31.9 Å². The van der Waals surface area contributed by atoms with Gasteiger partial charge in [0.2, 0.25) is 0 Å². The topological polar surface area (TPSA) is 21.3 Å². The van der Waals surface area contributed by atoms with Crippen LogP contribution in [0.2, 0.25) is 0 Å². The number of benzene rings is 1. The number of ether oxygens (including phenoxy) is 1. The second kappa shape index (κ2) is 10.6. The molecular formula is C17H27Br2NO. The molecule has 0 saturated carbocycles. The van der Waals surface area contributed by atoms with E-state index in [-0.39, 0.29) is 0 Å². The third kappa shape index (κ3) is 7.66. The van der Waals surface area contributed by atoms with Crippen LogP contribution in [0.15, 0.2) is 21.1 Å². The van der Waals surface area contributed by atoms with Crippen molar-refractivity contribution < 1.29 is 4.74 Å². The van der Waals surface area contributed by atoms with Crippen molar-refractivity contribution in [1.82, 2.24) is 5.32 Å². The predicted octanol–water partition coefficient (Wildman–Crippen LogP) is 5.92. The van der Waals surface area contributed by atoms with E-state index >= 15 is 0 Å². The van der Waals surface area contributed by atoms with Crippen molar-refractivity contribution in [1.29, 1.82) is 0 Å². The minimum Gasteiger partial charge on any atom is -0.495 e. The largest absolute Gasteiger partial charge is 0.495 e. The fourth-order valence-corrected chi connectivity index (χ4v) is 3.83. The average Bonchev–Trinajstić information content (AvgIpc) is 2.41. The molecule has 2 nitrogen and oxygen atoms in total. The molecule has 1 rings (SSSR count). The highest BCUT2D eigenvalue weighted by Crippen LogP contribution is 2.32. The SMILES string of the molecule is COc1c(Br)cc(Br)cc1CNCCCCCCC(C)C. The maximum absolute atomic E-state index is 5.46. The highest BCUT2D eigenvalue weighted by atomic mass is 79.9. The van der Waals surface area contributed by atoms with Crippen molar-refractivity contribution in [3.8, 4) is 5.75 Å². The molecule has 0 unspecified atom stereocenters. The Morgan fingerprint density at radius 3 is 2.48 bits per heavy atom. The van der Waals surface area contributed by atoms with Crippen LogP contribution < -0.4 is 10.1 Å². The molecule has 120 valence electrons. The molecule has 0 bridgehead atoms. The zero-order valence-electron chi connectivity index (χ0n) is 13.3. The van der Waals surface area contributed by atoms with Crippen molar-refractivity contribution in [3.63, 3.8) is 0 Å². The predicted molar refractivity (Wildman–Crippen MR) is 98.0 cm³/mol. The van der Waals surface area contributed by atoms with Gasteiger partial charge >= 0.3 is 0 Å². The van der Waals surface area contributed by atoms with Gasteiger partial charge in [0.1, 0.15) is 5.75 Å². The van der Waals surface area contributed by atoms with E-state index in [2.05, 4.69) is 57.1 Å². The first-order valence-corrected chi connectivity index (χ1v) is 9.35. The Balaban J connectivity index is 2.24. The minimum atomic E-state index is 0.838. The molecule has 1 aromatic rings. The first kappa shape index (κ1) is 19.0. The molecule has 4 heteroatoms. The molecule has 0 fully saturated rings. The van der Waals surface area contributed by atoms with Gasteiger partial charge in [-0.15, -0.1) is 0 Å². The van der Waals surface area contributed by atoms with Gasteiger partial charge in [0.05, 0.1) is 11.6 Å². The molecule has 21 heavy (non-hydrogen) atoms. The van der Waals surface area contributed by atoms with Crippen molar-refractivity contribution in [3.05, 3.63) is 26.6 Å². The molecular weight excluding hydrogens is 394 g/mol. The third-order valence-corrected chi connectivity index (χ3v) is 4.54. The summed E-state index contributed by atoms with van der Waals surface area (Å²) in [6.45, 7) is 6.50. The van der Waals surface area contributed by atoms with Crippen LogP contribution in [0, 0.1) is 5.92 Å². The molecule has 0 aliphatic carbocycles. The lowest BCUT2D eigenvalue weighted by Crippen LogP contribution is -2.15. The van der Waals surface area contributed by atoms with Crippen LogP contribution in [-0.4, -0.2) is 13.7 Å².